The minimum Gasteiger partial charge on any atom is -0.493 e. The van der Waals surface area contributed by atoms with Crippen LogP contribution in [0.3, 0.4) is 0 Å². The summed E-state index contributed by atoms with van der Waals surface area (Å²) in [5, 5.41) is 2.63. The van der Waals surface area contributed by atoms with Crippen LogP contribution >= 0.6 is 0 Å². The smallest absolute Gasteiger partial charge is 0.220 e. The van der Waals surface area contributed by atoms with Gasteiger partial charge in [-0.25, -0.2) is 0 Å². The fourth-order valence-corrected chi connectivity index (χ4v) is 2.22. The number of ether oxygens (including phenoxy) is 1. The zero-order valence-electron chi connectivity index (χ0n) is 13.8. The largest absolute Gasteiger partial charge is 0.493 e. The Balaban J connectivity index is 1.76. The van der Waals surface area contributed by atoms with Gasteiger partial charge in [-0.2, -0.15) is 0 Å². The first-order valence-corrected chi connectivity index (χ1v) is 8.07. The first kappa shape index (κ1) is 17.0. The van der Waals surface area contributed by atoms with Crippen LogP contribution in [0.15, 0.2) is 42.6 Å². The number of aryl methyl sites for hydroxylation is 2. The molecule has 1 heterocycles. The number of nitrogens with one attached hydrogen (secondary N) is 1. The quantitative estimate of drug-likeness (QED) is 0.815. The van der Waals surface area contributed by atoms with Gasteiger partial charge in [0.1, 0.15) is 5.75 Å². The maximum Gasteiger partial charge on any atom is 0.220 e. The van der Waals surface area contributed by atoms with Gasteiger partial charge in [-0.3, -0.25) is 9.78 Å². The first-order chi connectivity index (χ1) is 11.2. The van der Waals surface area contributed by atoms with Crippen LogP contribution in [0.4, 0.5) is 0 Å². The van der Waals surface area contributed by atoms with E-state index in [1.54, 1.807) is 7.05 Å². The van der Waals surface area contributed by atoms with Gasteiger partial charge in [0.05, 0.1) is 6.61 Å². The van der Waals surface area contributed by atoms with E-state index in [0.717, 1.165) is 36.3 Å². The maximum atomic E-state index is 11.2. The predicted octanol–water partition coefficient (Wildman–Crippen LogP) is 2.94. The van der Waals surface area contributed by atoms with Gasteiger partial charge in [0.2, 0.25) is 5.91 Å². The van der Waals surface area contributed by atoms with Crippen molar-refractivity contribution >= 4 is 5.91 Å². The molecule has 0 saturated carbocycles. The molecule has 4 nitrogen and oxygen atoms in total. The fourth-order valence-electron chi connectivity index (χ4n) is 2.22. The van der Waals surface area contributed by atoms with E-state index >= 15 is 0 Å². The van der Waals surface area contributed by atoms with E-state index in [4.69, 9.17) is 4.74 Å². The molecule has 122 valence electrons. The molecule has 0 aliphatic carbocycles. The molecule has 1 amide bonds. The lowest BCUT2D eigenvalue weighted by atomic mass is 10.1. The minimum absolute atomic E-state index is 0.0620. The Morgan fingerprint density at radius 2 is 1.83 bits per heavy atom. The number of amides is 1. The van der Waals surface area contributed by atoms with Gasteiger partial charge in [0, 0.05) is 31.8 Å². The van der Waals surface area contributed by atoms with Gasteiger partial charge in [-0.15, -0.1) is 0 Å². The Morgan fingerprint density at radius 3 is 2.43 bits per heavy atom. The first-order valence-electron chi connectivity index (χ1n) is 8.07. The zero-order chi connectivity index (χ0) is 16.5. The highest BCUT2D eigenvalue weighted by molar-refractivity contribution is 5.75. The van der Waals surface area contributed by atoms with Crippen molar-refractivity contribution in [2.24, 2.45) is 0 Å². The summed E-state index contributed by atoms with van der Waals surface area (Å²) >= 11 is 0. The Bertz CT molecular complexity index is 606. The molecule has 0 saturated heterocycles. The summed E-state index contributed by atoms with van der Waals surface area (Å²) in [6.45, 7) is 2.73. The van der Waals surface area contributed by atoms with E-state index in [0.29, 0.717) is 13.0 Å². The van der Waals surface area contributed by atoms with Crippen molar-refractivity contribution in [1.82, 2.24) is 10.3 Å². The van der Waals surface area contributed by atoms with Crippen molar-refractivity contribution in [3.05, 3.63) is 59.4 Å². The number of benzene rings is 1. The fraction of sp³-hybridized carbons (Fsp3) is 0.368. The van der Waals surface area contributed by atoms with Crippen LogP contribution in [0.25, 0.3) is 0 Å². The van der Waals surface area contributed by atoms with E-state index in [1.165, 1.54) is 5.56 Å². The van der Waals surface area contributed by atoms with Crippen molar-refractivity contribution < 1.29 is 9.53 Å². The number of rotatable bonds is 8. The number of hydrogen-bond donors (Lipinski definition) is 1. The minimum atomic E-state index is 0.0620. The average Bonchev–Trinajstić information content (AvgIpc) is 2.61. The summed E-state index contributed by atoms with van der Waals surface area (Å²) in [6.07, 6.45) is 4.98. The topological polar surface area (TPSA) is 51.2 Å². The third-order valence-electron chi connectivity index (χ3n) is 3.76. The van der Waals surface area contributed by atoms with E-state index in [2.05, 4.69) is 29.4 Å². The van der Waals surface area contributed by atoms with Gasteiger partial charge in [0.15, 0.2) is 0 Å². The third-order valence-corrected chi connectivity index (χ3v) is 3.76. The SMILES string of the molecule is CCc1ccc(CCOc2ccc(CCC(=O)NC)cc2)nc1. The van der Waals surface area contributed by atoms with Crippen LogP contribution in [0.2, 0.25) is 0 Å². The highest BCUT2D eigenvalue weighted by Gasteiger charge is 2.01. The van der Waals surface area contributed by atoms with Crippen molar-refractivity contribution in [1.29, 1.82) is 0 Å². The molecule has 1 aromatic heterocycles. The van der Waals surface area contributed by atoms with E-state index in [-0.39, 0.29) is 5.91 Å². The van der Waals surface area contributed by atoms with Crippen molar-refractivity contribution in [3.8, 4) is 5.75 Å². The molecule has 23 heavy (non-hydrogen) atoms. The van der Waals surface area contributed by atoms with Gasteiger partial charge in [-0.1, -0.05) is 25.1 Å². The van der Waals surface area contributed by atoms with Crippen molar-refractivity contribution in [3.63, 3.8) is 0 Å². The van der Waals surface area contributed by atoms with Gasteiger partial charge in [-0.05, 0) is 42.2 Å². The van der Waals surface area contributed by atoms with Gasteiger partial charge >= 0.3 is 0 Å². The summed E-state index contributed by atoms with van der Waals surface area (Å²) in [5.41, 5.74) is 3.43. The lowest BCUT2D eigenvalue weighted by Crippen LogP contribution is -2.17. The lowest BCUT2D eigenvalue weighted by Gasteiger charge is -2.07. The lowest BCUT2D eigenvalue weighted by molar-refractivity contribution is -0.120. The number of carbonyl (C=O) groups is 1. The summed E-state index contributed by atoms with van der Waals surface area (Å²) in [7, 11) is 1.66. The molecule has 4 heteroatoms. The molecule has 0 bridgehead atoms. The van der Waals surface area contributed by atoms with E-state index in [1.807, 2.05) is 30.5 Å². The summed E-state index contributed by atoms with van der Waals surface area (Å²) in [5.74, 6) is 0.908. The normalized spacial score (nSPS) is 10.3. The average molecular weight is 312 g/mol. The third kappa shape index (κ3) is 5.74. The Hall–Kier alpha value is -2.36. The van der Waals surface area contributed by atoms with Crippen LogP contribution in [0, 0.1) is 0 Å². The molecular weight excluding hydrogens is 288 g/mol. The second-order valence-electron chi connectivity index (χ2n) is 5.43. The van der Waals surface area contributed by atoms with Gasteiger partial charge in [0.25, 0.3) is 0 Å². The van der Waals surface area contributed by atoms with E-state index < -0.39 is 0 Å². The molecule has 0 atom stereocenters. The summed E-state index contributed by atoms with van der Waals surface area (Å²) in [4.78, 5) is 15.7. The Morgan fingerprint density at radius 1 is 1.09 bits per heavy atom. The monoisotopic (exact) mass is 312 g/mol. The van der Waals surface area contributed by atoms with Crippen molar-refractivity contribution in [2.45, 2.75) is 32.6 Å². The molecule has 1 N–H and O–H groups in total. The second kappa shape index (κ2) is 8.93. The Labute approximate surface area is 137 Å². The zero-order valence-corrected chi connectivity index (χ0v) is 13.8. The number of hydrogen-bond acceptors (Lipinski definition) is 3. The molecule has 2 aromatic rings. The number of aromatic nitrogens is 1. The molecule has 0 radical (unpaired) electrons. The maximum absolute atomic E-state index is 11.2. The van der Waals surface area contributed by atoms with Crippen LogP contribution < -0.4 is 10.1 Å². The summed E-state index contributed by atoms with van der Waals surface area (Å²) in [6, 6.07) is 12.1. The number of nitrogens with zero attached hydrogens (tertiary/aromatic N) is 1. The molecule has 0 aliphatic rings. The molecule has 1 aromatic carbocycles. The highest BCUT2D eigenvalue weighted by Crippen LogP contribution is 2.14. The van der Waals surface area contributed by atoms with Crippen LogP contribution in [-0.4, -0.2) is 24.5 Å². The highest BCUT2D eigenvalue weighted by atomic mass is 16.5. The molecule has 0 spiro atoms. The van der Waals surface area contributed by atoms with Crippen LogP contribution in [0.5, 0.6) is 5.75 Å². The second-order valence-corrected chi connectivity index (χ2v) is 5.43. The van der Waals surface area contributed by atoms with Crippen molar-refractivity contribution in [2.75, 3.05) is 13.7 Å². The standard InChI is InChI=1S/C19H24N2O2/c1-3-15-4-8-17(21-14-15)12-13-23-18-9-5-16(6-10-18)7-11-19(22)20-2/h4-6,8-10,14H,3,7,11-13H2,1-2H3,(H,20,22). The molecule has 0 fully saturated rings. The number of carbonyl (C=O) groups excluding carboxylic acids is 1. The molecule has 2 rings (SSSR count). The Kier molecular flexibility index (Phi) is 6.60. The number of pyridine rings is 1. The van der Waals surface area contributed by atoms with E-state index in [9.17, 15) is 4.79 Å². The predicted molar refractivity (Wildman–Crippen MR) is 91.6 cm³/mol. The molecule has 0 aliphatic heterocycles. The molecular formula is C19H24N2O2. The molecule has 0 unspecified atom stereocenters. The van der Waals surface area contributed by atoms with Crippen LogP contribution in [0.1, 0.15) is 30.2 Å². The van der Waals surface area contributed by atoms with Crippen LogP contribution in [-0.2, 0) is 24.1 Å². The van der Waals surface area contributed by atoms with Gasteiger partial charge < -0.3 is 10.1 Å². The summed E-state index contributed by atoms with van der Waals surface area (Å²) < 4.78 is 5.75.